The van der Waals surface area contributed by atoms with E-state index in [2.05, 4.69) is 43.5 Å². The third-order valence-electron chi connectivity index (χ3n) is 3.17. The quantitative estimate of drug-likeness (QED) is 0.526. The zero-order valence-electron chi connectivity index (χ0n) is 10.9. The lowest BCUT2D eigenvalue weighted by molar-refractivity contribution is 0.587. The summed E-state index contributed by atoms with van der Waals surface area (Å²) in [6, 6.07) is 10.3. The molecule has 7 heteroatoms. The van der Waals surface area contributed by atoms with E-state index < -0.39 is 10.0 Å². The number of aromatic nitrogens is 2. The molecule has 0 saturated carbocycles. The van der Waals surface area contributed by atoms with E-state index in [1.807, 2.05) is 6.07 Å². The summed E-state index contributed by atoms with van der Waals surface area (Å²) in [5.74, 6) is 0. The molecule has 0 amide bonds. The second-order valence-corrected chi connectivity index (χ2v) is 8.29. The molecular weight excluding hydrogens is 467 g/mol. The van der Waals surface area contributed by atoms with Crippen molar-refractivity contribution in [3.63, 3.8) is 0 Å². The van der Waals surface area contributed by atoms with Crippen LogP contribution in [0.1, 0.15) is 5.69 Å². The van der Waals surface area contributed by atoms with Gasteiger partial charge in [0, 0.05) is 25.3 Å². The fourth-order valence-corrected chi connectivity index (χ4v) is 4.86. The monoisotopic (exact) mass is 476 g/mol. The molecule has 108 valence electrons. The van der Waals surface area contributed by atoms with Crippen molar-refractivity contribution in [3.8, 4) is 0 Å². The van der Waals surface area contributed by atoms with Crippen LogP contribution in [0.25, 0.3) is 11.0 Å². The molecule has 0 spiro atoms. The molecule has 0 aliphatic carbocycles. The Bertz CT molecular complexity index is 937. The summed E-state index contributed by atoms with van der Waals surface area (Å²) < 4.78 is 28.8. The molecule has 0 bridgehead atoms. The number of fused-ring (bicyclic) bond motifs is 1. The van der Waals surface area contributed by atoms with Gasteiger partial charge < -0.3 is 0 Å². The second-order valence-electron chi connectivity index (χ2n) is 4.51. The number of pyridine rings is 1. The SMILES string of the molecule is Cc1c(I)c2cc(Br)cnc2n1S(=O)(=O)c1ccccc1. The minimum absolute atomic E-state index is 0.256. The number of hydrogen-bond acceptors (Lipinski definition) is 3. The highest BCUT2D eigenvalue weighted by Crippen LogP contribution is 2.31. The van der Waals surface area contributed by atoms with E-state index in [0.29, 0.717) is 11.3 Å². The van der Waals surface area contributed by atoms with Crippen molar-refractivity contribution in [3.05, 3.63) is 56.3 Å². The zero-order valence-corrected chi connectivity index (χ0v) is 15.5. The van der Waals surface area contributed by atoms with Gasteiger partial charge in [-0.1, -0.05) is 18.2 Å². The van der Waals surface area contributed by atoms with Crippen molar-refractivity contribution >= 4 is 59.6 Å². The Balaban J connectivity index is 2.39. The molecule has 2 aromatic heterocycles. The Hall–Kier alpha value is -0.930. The minimum Gasteiger partial charge on any atom is -0.236 e. The number of halogens is 2. The number of benzene rings is 1. The van der Waals surface area contributed by atoms with Crippen LogP contribution in [0.5, 0.6) is 0 Å². The smallest absolute Gasteiger partial charge is 0.236 e. The van der Waals surface area contributed by atoms with Crippen LogP contribution in [0.15, 0.2) is 52.0 Å². The standard InChI is InChI=1S/C14H10BrIN2O2S/c1-9-13(16)12-7-10(15)8-17-14(12)18(9)21(19,20)11-5-3-2-4-6-11/h2-8H,1H3. The summed E-state index contributed by atoms with van der Waals surface area (Å²) in [5.41, 5.74) is 1.11. The number of rotatable bonds is 2. The molecule has 1 aromatic carbocycles. The average Bonchev–Trinajstić information content (AvgIpc) is 2.72. The van der Waals surface area contributed by atoms with Gasteiger partial charge in [-0.05, 0) is 63.6 Å². The van der Waals surface area contributed by atoms with E-state index >= 15 is 0 Å². The number of nitrogens with zero attached hydrogens (tertiary/aromatic N) is 2. The van der Waals surface area contributed by atoms with Gasteiger partial charge in [0.2, 0.25) is 0 Å². The highest BCUT2D eigenvalue weighted by molar-refractivity contribution is 14.1. The van der Waals surface area contributed by atoms with Gasteiger partial charge in [-0.25, -0.2) is 17.4 Å². The Morgan fingerprint density at radius 1 is 1.24 bits per heavy atom. The lowest BCUT2D eigenvalue weighted by Crippen LogP contribution is -2.15. The van der Waals surface area contributed by atoms with Crippen LogP contribution in [-0.4, -0.2) is 17.4 Å². The van der Waals surface area contributed by atoms with Crippen LogP contribution >= 0.6 is 38.5 Å². The van der Waals surface area contributed by atoms with Gasteiger partial charge >= 0.3 is 0 Å². The largest absolute Gasteiger partial charge is 0.269 e. The van der Waals surface area contributed by atoms with E-state index in [-0.39, 0.29) is 4.90 Å². The van der Waals surface area contributed by atoms with E-state index in [0.717, 1.165) is 13.4 Å². The molecule has 0 N–H and O–H groups in total. The molecule has 3 aromatic rings. The topological polar surface area (TPSA) is 52.0 Å². The highest BCUT2D eigenvalue weighted by Gasteiger charge is 2.24. The van der Waals surface area contributed by atoms with Gasteiger partial charge in [0.1, 0.15) is 0 Å². The third kappa shape index (κ3) is 2.40. The zero-order chi connectivity index (χ0) is 15.2. The highest BCUT2D eigenvalue weighted by atomic mass is 127. The lowest BCUT2D eigenvalue weighted by atomic mass is 10.3. The van der Waals surface area contributed by atoms with Crippen LogP contribution in [0.3, 0.4) is 0 Å². The third-order valence-corrected chi connectivity index (χ3v) is 6.76. The van der Waals surface area contributed by atoms with Crippen molar-refractivity contribution in [1.29, 1.82) is 0 Å². The van der Waals surface area contributed by atoms with Gasteiger partial charge in [-0.3, -0.25) is 0 Å². The summed E-state index contributed by atoms with van der Waals surface area (Å²) in [5, 5.41) is 0.821. The molecule has 0 radical (unpaired) electrons. The summed E-state index contributed by atoms with van der Waals surface area (Å²) in [4.78, 5) is 4.54. The molecular formula is C14H10BrIN2O2S. The first-order chi connectivity index (χ1) is 9.93. The molecule has 0 fully saturated rings. The average molecular weight is 477 g/mol. The molecule has 3 rings (SSSR count). The molecule has 0 unspecified atom stereocenters. The maximum absolute atomic E-state index is 12.9. The summed E-state index contributed by atoms with van der Waals surface area (Å²) >= 11 is 5.52. The first-order valence-electron chi connectivity index (χ1n) is 6.05. The van der Waals surface area contributed by atoms with E-state index in [9.17, 15) is 8.42 Å². The molecule has 0 aliphatic heterocycles. The maximum atomic E-state index is 12.9. The molecule has 21 heavy (non-hydrogen) atoms. The fraction of sp³-hybridized carbons (Fsp3) is 0.0714. The minimum atomic E-state index is -3.65. The summed E-state index contributed by atoms with van der Waals surface area (Å²) in [6.45, 7) is 1.79. The normalized spacial score (nSPS) is 12.0. The Labute approximate surface area is 144 Å². The number of hydrogen-bond donors (Lipinski definition) is 0. The Morgan fingerprint density at radius 3 is 2.57 bits per heavy atom. The molecule has 4 nitrogen and oxygen atoms in total. The second kappa shape index (κ2) is 5.36. The van der Waals surface area contributed by atoms with Gasteiger partial charge in [0.15, 0.2) is 5.65 Å². The molecule has 2 heterocycles. The maximum Gasteiger partial charge on any atom is 0.269 e. The van der Waals surface area contributed by atoms with E-state index in [1.165, 1.54) is 3.97 Å². The van der Waals surface area contributed by atoms with Crippen LogP contribution in [0.2, 0.25) is 0 Å². The van der Waals surface area contributed by atoms with Gasteiger partial charge in [0.25, 0.3) is 10.0 Å². The van der Waals surface area contributed by atoms with Gasteiger partial charge in [0.05, 0.1) is 4.90 Å². The van der Waals surface area contributed by atoms with Crippen molar-refractivity contribution in [2.45, 2.75) is 11.8 Å². The molecule has 0 aliphatic rings. The van der Waals surface area contributed by atoms with Crippen molar-refractivity contribution in [2.24, 2.45) is 0 Å². The van der Waals surface area contributed by atoms with E-state index in [4.69, 9.17) is 0 Å². The van der Waals surface area contributed by atoms with Crippen molar-refractivity contribution < 1.29 is 8.42 Å². The van der Waals surface area contributed by atoms with Crippen molar-refractivity contribution in [2.75, 3.05) is 0 Å². The predicted molar refractivity (Wildman–Crippen MR) is 93.9 cm³/mol. The van der Waals surface area contributed by atoms with Crippen LogP contribution in [-0.2, 0) is 10.0 Å². The van der Waals surface area contributed by atoms with E-state index in [1.54, 1.807) is 43.5 Å². The van der Waals surface area contributed by atoms with Crippen LogP contribution < -0.4 is 0 Å². The Kier molecular flexibility index (Phi) is 3.83. The summed E-state index contributed by atoms with van der Waals surface area (Å²) in [6.07, 6.45) is 1.61. The van der Waals surface area contributed by atoms with Gasteiger partial charge in [-0.2, -0.15) is 0 Å². The molecule has 0 atom stereocenters. The predicted octanol–water partition coefficient (Wildman–Crippen LogP) is 3.95. The lowest BCUT2D eigenvalue weighted by Gasteiger charge is -2.09. The summed E-state index contributed by atoms with van der Waals surface area (Å²) in [7, 11) is -3.65. The van der Waals surface area contributed by atoms with Crippen LogP contribution in [0.4, 0.5) is 0 Å². The molecule has 0 saturated heterocycles. The van der Waals surface area contributed by atoms with Crippen molar-refractivity contribution in [1.82, 2.24) is 8.96 Å². The first kappa shape index (κ1) is 15.0. The van der Waals surface area contributed by atoms with Crippen LogP contribution in [0, 0.1) is 10.5 Å². The Morgan fingerprint density at radius 2 is 1.90 bits per heavy atom. The first-order valence-corrected chi connectivity index (χ1v) is 9.37. The fourth-order valence-electron chi connectivity index (χ4n) is 2.19. The van der Waals surface area contributed by atoms with Gasteiger partial charge in [-0.15, -0.1) is 0 Å².